The highest BCUT2D eigenvalue weighted by Gasteiger charge is 2.13. The lowest BCUT2D eigenvalue weighted by atomic mass is 10.0. The third-order valence-corrected chi connectivity index (χ3v) is 3.62. The lowest BCUT2D eigenvalue weighted by Crippen LogP contribution is -2.03. The van der Waals surface area contributed by atoms with Gasteiger partial charge in [0.25, 0.3) is 0 Å². The van der Waals surface area contributed by atoms with E-state index in [-0.39, 0.29) is 0 Å². The van der Waals surface area contributed by atoms with Crippen LogP contribution in [0, 0.1) is 0 Å². The van der Waals surface area contributed by atoms with Gasteiger partial charge in [-0.2, -0.15) is 0 Å². The van der Waals surface area contributed by atoms with Crippen LogP contribution in [0.3, 0.4) is 0 Å². The second-order valence-electron chi connectivity index (χ2n) is 3.71. The van der Waals surface area contributed by atoms with Crippen LogP contribution in [0.5, 0.6) is 0 Å². The fraction of sp³-hybridized carbons (Fsp3) is 0.154. The van der Waals surface area contributed by atoms with Gasteiger partial charge >= 0.3 is 0 Å². The Morgan fingerprint density at radius 2 is 2.06 bits per heavy atom. The van der Waals surface area contributed by atoms with Gasteiger partial charge in [-0.1, -0.05) is 45.7 Å². The van der Waals surface area contributed by atoms with Crippen LogP contribution in [0.4, 0.5) is 0 Å². The first-order valence-corrected chi connectivity index (χ1v) is 6.36. The molecule has 0 bridgehead atoms. The van der Waals surface area contributed by atoms with E-state index >= 15 is 0 Å². The Morgan fingerprint density at radius 3 is 2.76 bits per heavy atom. The number of nitrogens with zero attached hydrogens (tertiary/aromatic N) is 1. The largest absolute Gasteiger partial charge is 0.388 e. The highest BCUT2D eigenvalue weighted by molar-refractivity contribution is 9.10. The molecule has 0 aliphatic carbocycles. The van der Waals surface area contributed by atoms with Gasteiger partial charge in [-0.3, -0.25) is 4.98 Å². The van der Waals surface area contributed by atoms with Crippen LogP contribution in [-0.2, 0) is 6.42 Å². The molecule has 0 fully saturated rings. The summed E-state index contributed by atoms with van der Waals surface area (Å²) >= 11 is 9.45. The summed E-state index contributed by atoms with van der Waals surface area (Å²) in [7, 11) is 0. The molecule has 2 nitrogen and oxygen atoms in total. The quantitative estimate of drug-likeness (QED) is 0.936. The van der Waals surface area contributed by atoms with Gasteiger partial charge in [0.1, 0.15) is 0 Å². The minimum atomic E-state index is -0.621. The molecule has 0 radical (unpaired) electrons. The lowest BCUT2D eigenvalue weighted by Gasteiger charge is -2.13. The molecule has 17 heavy (non-hydrogen) atoms. The van der Waals surface area contributed by atoms with Gasteiger partial charge in [0.05, 0.1) is 11.1 Å². The minimum absolute atomic E-state index is 0.493. The topological polar surface area (TPSA) is 33.1 Å². The zero-order valence-electron chi connectivity index (χ0n) is 8.98. The highest BCUT2D eigenvalue weighted by Crippen LogP contribution is 2.27. The second kappa shape index (κ2) is 5.63. The van der Waals surface area contributed by atoms with E-state index in [1.807, 2.05) is 24.3 Å². The van der Waals surface area contributed by atoms with Crippen molar-refractivity contribution in [1.29, 1.82) is 0 Å². The summed E-state index contributed by atoms with van der Waals surface area (Å²) in [6.45, 7) is 0. The zero-order valence-corrected chi connectivity index (χ0v) is 11.3. The van der Waals surface area contributed by atoms with Crippen molar-refractivity contribution in [1.82, 2.24) is 4.98 Å². The number of hydrogen-bond acceptors (Lipinski definition) is 2. The molecule has 0 aliphatic heterocycles. The Labute approximate surface area is 113 Å². The molecule has 1 N–H and O–H groups in total. The van der Waals surface area contributed by atoms with E-state index in [4.69, 9.17) is 11.6 Å². The highest BCUT2D eigenvalue weighted by atomic mass is 79.9. The summed E-state index contributed by atoms with van der Waals surface area (Å²) in [4.78, 5) is 3.90. The van der Waals surface area contributed by atoms with E-state index in [1.165, 1.54) is 0 Å². The van der Waals surface area contributed by atoms with Crippen molar-refractivity contribution in [2.45, 2.75) is 12.5 Å². The van der Waals surface area contributed by atoms with Crippen LogP contribution >= 0.6 is 27.5 Å². The van der Waals surface area contributed by atoms with Crippen LogP contribution in [0.1, 0.15) is 17.2 Å². The van der Waals surface area contributed by atoms with E-state index in [0.717, 1.165) is 10.0 Å². The normalized spacial score (nSPS) is 12.4. The van der Waals surface area contributed by atoms with Crippen molar-refractivity contribution in [3.63, 3.8) is 0 Å². The molecule has 1 aromatic heterocycles. The second-order valence-corrected chi connectivity index (χ2v) is 4.97. The molecule has 1 aromatic carbocycles. The Kier molecular flexibility index (Phi) is 4.15. The monoisotopic (exact) mass is 311 g/mol. The van der Waals surface area contributed by atoms with Gasteiger partial charge in [-0.05, 0) is 17.7 Å². The minimum Gasteiger partial charge on any atom is -0.388 e. The molecular weight excluding hydrogens is 302 g/mol. The molecule has 0 aliphatic rings. The van der Waals surface area contributed by atoms with E-state index in [0.29, 0.717) is 17.0 Å². The number of hydrogen-bond donors (Lipinski definition) is 1. The average Bonchev–Trinajstić information content (AvgIpc) is 2.32. The average molecular weight is 313 g/mol. The van der Waals surface area contributed by atoms with Gasteiger partial charge < -0.3 is 5.11 Å². The van der Waals surface area contributed by atoms with Crippen molar-refractivity contribution in [2.75, 3.05) is 0 Å². The summed E-state index contributed by atoms with van der Waals surface area (Å²) in [5.74, 6) is 0. The molecule has 0 saturated heterocycles. The van der Waals surface area contributed by atoms with E-state index < -0.39 is 6.10 Å². The van der Waals surface area contributed by atoms with E-state index in [1.54, 1.807) is 18.5 Å². The van der Waals surface area contributed by atoms with Crippen molar-refractivity contribution in [2.24, 2.45) is 0 Å². The van der Waals surface area contributed by atoms with Crippen LogP contribution in [0.25, 0.3) is 0 Å². The lowest BCUT2D eigenvalue weighted by molar-refractivity contribution is 0.178. The fourth-order valence-electron chi connectivity index (χ4n) is 1.64. The Hall–Kier alpha value is -0.900. The molecule has 1 unspecified atom stereocenters. The maximum Gasteiger partial charge on any atom is 0.0846 e. The van der Waals surface area contributed by atoms with Crippen LogP contribution in [0.2, 0.25) is 5.02 Å². The number of rotatable bonds is 3. The molecule has 4 heteroatoms. The number of aliphatic hydroxyl groups excluding tert-OH is 1. The Balaban J connectivity index is 2.20. The molecule has 2 rings (SSSR count). The molecule has 88 valence electrons. The number of pyridine rings is 1. The maximum absolute atomic E-state index is 10.1. The first-order valence-electron chi connectivity index (χ1n) is 5.19. The Bertz CT molecular complexity index is 518. The predicted octanol–water partition coefficient (Wildman–Crippen LogP) is 3.77. The third-order valence-electron chi connectivity index (χ3n) is 2.53. The first kappa shape index (κ1) is 12.6. The van der Waals surface area contributed by atoms with E-state index in [2.05, 4.69) is 20.9 Å². The molecule has 2 aromatic rings. The van der Waals surface area contributed by atoms with Crippen molar-refractivity contribution in [3.05, 3.63) is 63.3 Å². The maximum atomic E-state index is 10.1. The fourth-order valence-corrected chi connectivity index (χ4v) is 2.33. The molecule has 1 atom stereocenters. The van der Waals surface area contributed by atoms with Gasteiger partial charge in [0.2, 0.25) is 0 Å². The smallest absolute Gasteiger partial charge is 0.0846 e. The number of halogens is 2. The van der Waals surface area contributed by atoms with Crippen molar-refractivity contribution < 1.29 is 5.11 Å². The van der Waals surface area contributed by atoms with Gasteiger partial charge in [-0.15, -0.1) is 0 Å². The summed E-state index contributed by atoms with van der Waals surface area (Å²) in [5.41, 5.74) is 1.75. The SMILES string of the molecule is OC(Cc1ccccc1Br)c1ccncc1Cl. The molecule has 0 spiro atoms. The molecule has 0 saturated carbocycles. The van der Waals surface area contributed by atoms with Gasteiger partial charge in [0, 0.05) is 28.9 Å². The third kappa shape index (κ3) is 3.06. The Morgan fingerprint density at radius 1 is 1.29 bits per heavy atom. The molecule has 1 heterocycles. The number of aliphatic hydroxyl groups is 1. The summed E-state index contributed by atoms with van der Waals surface area (Å²) < 4.78 is 0.990. The van der Waals surface area contributed by atoms with Crippen LogP contribution < -0.4 is 0 Å². The first-order chi connectivity index (χ1) is 8.18. The number of aromatic nitrogens is 1. The summed E-state index contributed by atoms with van der Waals surface area (Å²) in [6.07, 6.45) is 3.07. The standard InChI is InChI=1S/C13H11BrClNO/c14-11-4-2-1-3-9(11)7-13(17)10-5-6-16-8-12(10)15/h1-6,8,13,17H,7H2. The van der Waals surface area contributed by atoms with Crippen LogP contribution in [-0.4, -0.2) is 10.1 Å². The molecule has 0 amide bonds. The summed E-state index contributed by atoms with van der Waals surface area (Å²) in [6, 6.07) is 9.56. The van der Waals surface area contributed by atoms with Crippen molar-refractivity contribution >= 4 is 27.5 Å². The van der Waals surface area contributed by atoms with Crippen LogP contribution in [0.15, 0.2) is 47.2 Å². The van der Waals surface area contributed by atoms with Gasteiger partial charge in [-0.25, -0.2) is 0 Å². The number of benzene rings is 1. The zero-order chi connectivity index (χ0) is 12.3. The van der Waals surface area contributed by atoms with E-state index in [9.17, 15) is 5.11 Å². The van der Waals surface area contributed by atoms with Crippen molar-refractivity contribution in [3.8, 4) is 0 Å². The summed E-state index contributed by atoms with van der Waals surface area (Å²) in [5, 5.41) is 10.6. The predicted molar refractivity (Wildman–Crippen MR) is 72.1 cm³/mol. The molecular formula is C13H11BrClNO. The van der Waals surface area contributed by atoms with Gasteiger partial charge in [0.15, 0.2) is 0 Å².